The summed E-state index contributed by atoms with van der Waals surface area (Å²) in [5.41, 5.74) is 0. The summed E-state index contributed by atoms with van der Waals surface area (Å²) in [6.07, 6.45) is 6.38. The molecule has 0 radical (unpaired) electrons. The van der Waals surface area contributed by atoms with E-state index in [0.717, 1.165) is 19.3 Å². The fourth-order valence-electron chi connectivity index (χ4n) is 2.43. The number of hydrogen-bond donors (Lipinski definition) is 1. The van der Waals surface area contributed by atoms with Gasteiger partial charge in [-0.15, -0.1) is 0 Å². The van der Waals surface area contributed by atoms with Crippen molar-refractivity contribution in [2.75, 3.05) is 19.6 Å². The minimum Gasteiger partial charge on any atom is -0.354 e. The highest BCUT2D eigenvalue weighted by atomic mass is 16.2. The quantitative estimate of drug-likeness (QED) is 0.887. The van der Waals surface area contributed by atoms with Crippen molar-refractivity contribution in [1.29, 1.82) is 0 Å². The van der Waals surface area contributed by atoms with E-state index < -0.39 is 0 Å². The smallest absolute Gasteiger partial charge is 0.246 e. The summed E-state index contributed by atoms with van der Waals surface area (Å²) in [7, 11) is 0. The minimum absolute atomic E-state index is 0.0510. The first kappa shape index (κ1) is 13.6. The van der Waals surface area contributed by atoms with E-state index in [2.05, 4.69) is 12.2 Å². The molecule has 104 valence electrons. The molecule has 1 N–H and O–H groups in total. The Morgan fingerprint density at radius 3 is 2.84 bits per heavy atom. The molecular formula is C14H21N3O2. The van der Waals surface area contributed by atoms with E-state index in [1.807, 2.05) is 29.1 Å². The van der Waals surface area contributed by atoms with Gasteiger partial charge < -0.3 is 14.8 Å². The summed E-state index contributed by atoms with van der Waals surface area (Å²) in [5, 5.41) is 2.80. The number of rotatable bonds is 4. The highest BCUT2D eigenvalue weighted by molar-refractivity contribution is 5.87. The monoisotopic (exact) mass is 263 g/mol. The van der Waals surface area contributed by atoms with Crippen LogP contribution in [0.4, 0.5) is 0 Å². The lowest BCUT2D eigenvalue weighted by Crippen LogP contribution is -2.41. The SMILES string of the molecule is CCCC(C(=O)N1CCCNC(=O)C1)n1cccc1. The molecule has 5 nitrogen and oxygen atoms in total. The van der Waals surface area contributed by atoms with Gasteiger partial charge in [0.2, 0.25) is 11.8 Å². The molecule has 0 spiro atoms. The van der Waals surface area contributed by atoms with Gasteiger partial charge in [-0.3, -0.25) is 9.59 Å². The molecule has 0 aliphatic carbocycles. The summed E-state index contributed by atoms with van der Waals surface area (Å²) in [6.45, 7) is 3.56. The Bertz CT molecular complexity index is 428. The van der Waals surface area contributed by atoms with Gasteiger partial charge in [0.05, 0.1) is 6.54 Å². The molecule has 1 fully saturated rings. The van der Waals surface area contributed by atoms with Gasteiger partial charge in [-0.25, -0.2) is 0 Å². The predicted octanol–water partition coefficient (Wildman–Crippen LogP) is 1.18. The first-order valence-electron chi connectivity index (χ1n) is 6.90. The van der Waals surface area contributed by atoms with Crippen LogP contribution in [-0.2, 0) is 9.59 Å². The molecule has 1 aromatic heterocycles. The van der Waals surface area contributed by atoms with Crippen LogP contribution in [0.3, 0.4) is 0 Å². The lowest BCUT2D eigenvalue weighted by Gasteiger charge is -2.26. The highest BCUT2D eigenvalue weighted by Gasteiger charge is 2.27. The first-order valence-corrected chi connectivity index (χ1v) is 6.90. The fourth-order valence-corrected chi connectivity index (χ4v) is 2.43. The number of nitrogens with one attached hydrogen (secondary N) is 1. The van der Waals surface area contributed by atoms with Gasteiger partial charge in [-0.1, -0.05) is 13.3 Å². The van der Waals surface area contributed by atoms with Gasteiger partial charge in [-0.05, 0) is 25.0 Å². The molecule has 0 aromatic carbocycles. The van der Waals surface area contributed by atoms with Crippen LogP contribution in [0.15, 0.2) is 24.5 Å². The van der Waals surface area contributed by atoms with Crippen molar-refractivity contribution in [2.45, 2.75) is 32.2 Å². The molecule has 1 aliphatic rings. The molecule has 0 bridgehead atoms. The Kier molecular flexibility index (Phi) is 4.60. The van der Waals surface area contributed by atoms with E-state index in [1.165, 1.54) is 0 Å². The zero-order valence-electron chi connectivity index (χ0n) is 11.3. The lowest BCUT2D eigenvalue weighted by molar-refractivity contribution is -0.138. The van der Waals surface area contributed by atoms with Crippen LogP contribution in [0.2, 0.25) is 0 Å². The van der Waals surface area contributed by atoms with Crippen LogP contribution >= 0.6 is 0 Å². The van der Waals surface area contributed by atoms with Crippen LogP contribution in [0.25, 0.3) is 0 Å². The largest absolute Gasteiger partial charge is 0.354 e. The Morgan fingerprint density at radius 1 is 1.42 bits per heavy atom. The van der Waals surface area contributed by atoms with E-state index in [-0.39, 0.29) is 24.4 Å². The summed E-state index contributed by atoms with van der Waals surface area (Å²) in [6, 6.07) is 3.65. The van der Waals surface area contributed by atoms with Gasteiger partial charge in [-0.2, -0.15) is 0 Å². The van der Waals surface area contributed by atoms with Crippen LogP contribution in [0, 0.1) is 0 Å². The number of carbonyl (C=O) groups is 2. The maximum absolute atomic E-state index is 12.6. The second kappa shape index (κ2) is 6.41. The summed E-state index contributed by atoms with van der Waals surface area (Å²) < 4.78 is 1.94. The molecule has 0 saturated carbocycles. The van der Waals surface area contributed by atoms with Crippen LogP contribution in [0.5, 0.6) is 0 Å². The standard InChI is InChI=1S/C14H21N3O2/c1-2-6-12(16-8-3-4-9-16)14(19)17-10-5-7-15-13(18)11-17/h3-4,8-9,12H,2,5-7,10-11H2,1H3,(H,15,18). The summed E-state index contributed by atoms with van der Waals surface area (Å²) in [4.78, 5) is 25.8. The van der Waals surface area contributed by atoms with E-state index in [4.69, 9.17) is 0 Å². The van der Waals surface area contributed by atoms with Crippen molar-refractivity contribution < 1.29 is 9.59 Å². The van der Waals surface area contributed by atoms with Gasteiger partial charge >= 0.3 is 0 Å². The summed E-state index contributed by atoms with van der Waals surface area (Å²) >= 11 is 0. The second-order valence-electron chi connectivity index (χ2n) is 4.90. The normalized spacial score (nSPS) is 17.7. The molecule has 1 aromatic rings. The number of hydrogen-bond acceptors (Lipinski definition) is 2. The lowest BCUT2D eigenvalue weighted by atomic mass is 10.1. The zero-order chi connectivity index (χ0) is 13.7. The zero-order valence-corrected chi connectivity index (χ0v) is 11.3. The van der Waals surface area contributed by atoms with E-state index >= 15 is 0 Å². The van der Waals surface area contributed by atoms with Crippen LogP contribution < -0.4 is 5.32 Å². The minimum atomic E-state index is -0.189. The van der Waals surface area contributed by atoms with E-state index in [1.54, 1.807) is 4.90 Å². The topological polar surface area (TPSA) is 54.3 Å². The Hall–Kier alpha value is -1.78. The van der Waals surface area contributed by atoms with Crippen molar-refractivity contribution in [2.24, 2.45) is 0 Å². The Labute approximate surface area is 113 Å². The molecule has 1 unspecified atom stereocenters. The average Bonchev–Trinajstić information content (AvgIpc) is 2.84. The molecule has 5 heteroatoms. The number of carbonyl (C=O) groups excluding carboxylic acids is 2. The molecular weight excluding hydrogens is 242 g/mol. The molecule has 1 atom stereocenters. The average molecular weight is 263 g/mol. The molecule has 2 amide bonds. The third kappa shape index (κ3) is 3.36. The van der Waals surface area contributed by atoms with Gasteiger partial charge in [0.1, 0.15) is 6.04 Å². The van der Waals surface area contributed by atoms with Crippen molar-refractivity contribution in [3.05, 3.63) is 24.5 Å². The first-order chi connectivity index (χ1) is 9.22. The Morgan fingerprint density at radius 2 is 2.16 bits per heavy atom. The molecule has 2 rings (SSSR count). The van der Waals surface area contributed by atoms with Crippen molar-refractivity contribution in [1.82, 2.24) is 14.8 Å². The molecule has 1 aliphatic heterocycles. The molecule has 19 heavy (non-hydrogen) atoms. The number of nitrogens with zero attached hydrogens (tertiary/aromatic N) is 2. The van der Waals surface area contributed by atoms with Crippen molar-refractivity contribution >= 4 is 11.8 Å². The van der Waals surface area contributed by atoms with Crippen LogP contribution in [0.1, 0.15) is 32.2 Å². The predicted molar refractivity (Wildman–Crippen MR) is 72.6 cm³/mol. The number of amides is 2. The maximum Gasteiger partial charge on any atom is 0.246 e. The number of aromatic nitrogens is 1. The van der Waals surface area contributed by atoms with Crippen molar-refractivity contribution in [3.63, 3.8) is 0 Å². The highest BCUT2D eigenvalue weighted by Crippen LogP contribution is 2.18. The van der Waals surface area contributed by atoms with Crippen molar-refractivity contribution in [3.8, 4) is 0 Å². The molecule has 1 saturated heterocycles. The third-order valence-electron chi connectivity index (χ3n) is 3.41. The second-order valence-corrected chi connectivity index (χ2v) is 4.90. The Balaban J connectivity index is 2.12. The van der Waals surface area contributed by atoms with Gasteiger partial charge in [0, 0.05) is 25.5 Å². The van der Waals surface area contributed by atoms with Gasteiger partial charge in [0.25, 0.3) is 0 Å². The van der Waals surface area contributed by atoms with E-state index in [9.17, 15) is 9.59 Å². The van der Waals surface area contributed by atoms with E-state index in [0.29, 0.717) is 13.1 Å². The third-order valence-corrected chi connectivity index (χ3v) is 3.41. The summed E-state index contributed by atoms with van der Waals surface area (Å²) in [5.74, 6) is -0.0105. The molecule has 2 heterocycles. The maximum atomic E-state index is 12.6. The van der Waals surface area contributed by atoms with Crippen LogP contribution in [-0.4, -0.2) is 40.9 Å². The van der Waals surface area contributed by atoms with Gasteiger partial charge in [0.15, 0.2) is 0 Å². The fraction of sp³-hybridized carbons (Fsp3) is 0.571.